The Bertz CT molecular complexity index is 924. The first-order valence-corrected chi connectivity index (χ1v) is 10.2. The van der Waals surface area contributed by atoms with Crippen LogP contribution in [0.3, 0.4) is 0 Å². The number of nitrogens with zero attached hydrogens (tertiary/aromatic N) is 3. The van der Waals surface area contributed by atoms with E-state index in [0.717, 1.165) is 37.6 Å². The molecule has 2 aromatic carbocycles. The van der Waals surface area contributed by atoms with Crippen molar-refractivity contribution in [1.82, 2.24) is 14.8 Å². The molecule has 2 heterocycles. The number of rotatable bonds is 4. The van der Waals surface area contributed by atoms with Crippen LogP contribution in [0.2, 0.25) is 0 Å². The van der Waals surface area contributed by atoms with E-state index in [9.17, 15) is 4.79 Å². The maximum atomic E-state index is 13.0. The maximum absolute atomic E-state index is 13.0. The van der Waals surface area contributed by atoms with E-state index < -0.39 is 0 Å². The molecule has 0 aliphatic carbocycles. The van der Waals surface area contributed by atoms with Crippen LogP contribution in [0, 0.1) is 13.8 Å². The summed E-state index contributed by atoms with van der Waals surface area (Å²) < 4.78 is 0. The van der Waals surface area contributed by atoms with Crippen LogP contribution in [0.1, 0.15) is 38.9 Å². The first-order chi connectivity index (χ1) is 14.1. The molecule has 29 heavy (non-hydrogen) atoms. The second kappa shape index (κ2) is 8.58. The Morgan fingerprint density at radius 2 is 1.34 bits per heavy atom. The lowest BCUT2D eigenvalue weighted by Gasteiger charge is -2.40. The van der Waals surface area contributed by atoms with Gasteiger partial charge in [-0.25, -0.2) is 0 Å². The molecule has 1 aliphatic heterocycles. The predicted octanol–water partition coefficient (Wildman–Crippen LogP) is 4.25. The van der Waals surface area contributed by atoms with Crippen molar-refractivity contribution in [2.75, 3.05) is 26.2 Å². The minimum atomic E-state index is 0.0885. The van der Waals surface area contributed by atoms with Crippen molar-refractivity contribution in [3.63, 3.8) is 0 Å². The minimum Gasteiger partial charge on any atom is -0.336 e. The number of aryl methyl sites for hydroxylation is 2. The van der Waals surface area contributed by atoms with Gasteiger partial charge in [-0.3, -0.25) is 14.7 Å². The molecule has 0 N–H and O–H groups in total. The van der Waals surface area contributed by atoms with Crippen LogP contribution in [0.25, 0.3) is 0 Å². The smallest absolute Gasteiger partial charge is 0.255 e. The van der Waals surface area contributed by atoms with Crippen LogP contribution in [0.15, 0.2) is 72.8 Å². The predicted molar refractivity (Wildman–Crippen MR) is 116 cm³/mol. The highest BCUT2D eigenvalue weighted by Gasteiger charge is 2.29. The van der Waals surface area contributed by atoms with Crippen molar-refractivity contribution in [3.8, 4) is 0 Å². The first-order valence-electron chi connectivity index (χ1n) is 10.2. The van der Waals surface area contributed by atoms with Gasteiger partial charge in [0.1, 0.15) is 0 Å². The number of carbonyl (C=O) groups is 1. The van der Waals surface area contributed by atoms with Gasteiger partial charge in [-0.05, 0) is 37.1 Å². The van der Waals surface area contributed by atoms with Gasteiger partial charge in [-0.2, -0.15) is 0 Å². The molecule has 0 unspecified atom stereocenters. The van der Waals surface area contributed by atoms with Crippen molar-refractivity contribution in [1.29, 1.82) is 0 Å². The lowest BCUT2D eigenvalue weighted by molar-refractivity contribution is 0.0596. The number of carbonyl (C=O) groups excluding carboxylic acids is 1. The van der Waals surface area contributed by atoms with E-state index in [1.165, 1.54) is 11.1 Å². The molecule has 1 aromatic heterocycles. The molecule has 0 spiro atoms. The highest BCUT2D eigenvalue weighted by Crippen LogP contribution is 2.29. The Morgan fingerprint density at radius 1 is 0.793 bits per heavy atom. The van der Waals surface area contributed by atoms with Crippen molar-refractivity contribution in [2.24, 2.45) is 0 Å². The summed E-state index contributed by atoms with van der Waals surface area (Å²) in [5.74, 6) is 0.0885. The van der Waals surface area contributed by atoms with Gasteiger partial charge >= 0.3 is 0 Å². The summed E-state index contributed by atoms with van der Waals surface area (Å²) in [5, 5.41) is 0. The van der Waals surface area contributed by atoms with Crippen LogP contribution in [0.5, 0.6) is 0 Å². The third-order valence-electron chi connectivity index (χ3n) is 5.65. The lowest BCUT2D eigenvalue weighted by Crippen LogP contribution is -2.50. The number of hydrogen-bond acceptors (Lipinski definition) is 3. The zero-order valence-corrected chi connectivity index (χ0v) is 17.1. The first kappa shape index (κ1) is 19.3. The van der Waals surface area contributed by atoms with Gasteiger partial charge in [0, 0.05) is 31.9 Å². The molecule has 0 bridgehead atoms. The van der Waals surface area contributed by atoms with Gasteiger partial charge in [-0.15, -0.1) is 0 Å². The summed E-state index contributed by atoms with van der Waals surface area (Å²) in [6.45, 7) is 7.01. The molecule has 0 atom stereocenters. The largest absolute Gasteiger partial charge is 0.336 e. The molecule has 0 radical (unpaired) electrons. The van der Waals surface area contributed by atoms with E-state index >= 15 is 0 Å². The molecule has 1 amide bonds. The second-order valence-electron chi connectivity index (χ2n) is 7.64. The third-order valence-corrected chi connectivity index (χ3v) is 5.65. The topological polar surface area (TPSA) is 36.4 Å². The zero-order chi connectivity index (χ0) is 20.2. The van der Waals surface area contributed by atoms with Gasteiger partial charge in [0.15, 0.2) is 0 Å². The summed E-state index contributed by atoms with van der Waals surface area (Å²) in [4.78, 5) is 21.9. The number of hydrogen-bond donors (Lipinski definition) is 0. The molecule has 4 nitrogen and oxygen atoms in total. The fraction of sp³-hybridized carbons (Fsp3) is 0.280. The number of pyridine rings is 1. The van der Waals surface area contributed by atoms with Crippen LogP contribution in [0.4, 0.5) is 0 Å². The standard InChI is InChI=1S/C25H27N3O/c1-19-13-14-23(20(2)26-19)25(29)28-17-15-27(16-18-28)24(21-9-5-3-6-10-21)22-11-7-4-8-12-22/h3-14,24H,15-18H2,1-2H3. The number of aromatic nitrogens is 1. The Hall–Kier alpha value is -2.98. The fourth-order valence-corrected chi connectivity index (χ4v) is 4.15. The van der Waals surface area contributed by atoms with Crippen molar-refractivity contribution in [3.05, 3.63) is 101 Å². The summed E-state index contributed by atoms with van der Waals surface area (Å²) in [6, 6.07) is 25.3. The average molecular weight is 386 g/mol. The van der Waals surface area contributed by atoms with Gasteiger partial charge < -0.3 is 4.90 Å². The van der Waals surface area contributed by atoms with Gasteiger partial charge in [0.25, 0.3) is 5.91 Å². The van der Waals surface area contributed by atoms with Crippen LogP contribution >= 0.6 is 0 Å². The highest BCUT2D eigenvalue weighted by atomic mass is 16.2. The Labute approximate surface area is 172 Å². The maximum Gasteiger partial charge on any atom is 0.255 e. The summed E-state index contributed by atoms with van der Waals surface area (Å²) in [7, 11) is 0. The van der Waals surface area contributed by atoms with E-state index in [4.69, 9.17) is 0 Å². The Morgan fingerprint density at radius 3 is 1.86 bits per heavy atom. The summed E-state index contributed by atoms with van der Waals surface area (Å²) in [6.07, 6.45) is 0. The molecule has 1 aliphatic rings. The number of benzene rings is 2. The molecule has 1 saturated heterocycles. The normalized spacial score (nSPS) is 14.9. The second-order valence-corrected chi connectivity index (χ2v) is 7.64. The lowest BCUT2D eigenvalue weighted by atomic mass is 9.96. The summed E-state index contributed by atoms with van der Waals surface area (Å²) >= 11 is 0. The SMILES string of the molecule is Cc1ccc(C(=O)N2CCN(C(c3ccccc3)c3ccccc3)CC2)c(C)n1. The number of piperazine rings is 1. The molecular weight excluding hydrogens is 358 g/mol. The van der Waals surface area contributed by atoms with Crippen molar-refractivity contribution < 1.29 is 4.79 Å². The molecule has 3 aromatic rings. The molecule has 148 valence electrons. The van der Waals surface area contributed by atoms with Crippen LogP contribution in [-0.2, 0) is 0 Å². The Balaban J connectivity index is 1.52. The van der Waals surface area contributed by atoms with Gasteiger partial charge in [-0.1, -0.05) is 60.7 Å². The minimum absolute atomic E-state index is 0.0885. The van der Waals surface area contributed by atoms with E-state index in [1.807, 2.05) is 30.9 Å². The fourth-order valence-electron chi connectivity index (χ4n) is 4.15. The molecule has 4 heteroatoms. The quantitative estimate of drug-likeness (QED) is 0.674. The molecule has 0 saturated carbocycles. The van der Waals surface area contributed by atoms with E-state index in [-0.39, 0.29) is 11.9 Å². The molecule has 4 rings (SSSR count). The molecule has 1 fully saturated rings. The summed E-state index contributed by atoms with van der Waals surface area (Å²) in [5.41, 5.74) is 5.04. The highest BCUT2D eigenvalue weighted by molar-refractivity contribution is 5.95. The van der Waals surface area contributed by atoms with Crippen LogP contribution in [-0.4, -0.2) is 46.9 Å². The third kappa shape index (κ3) is 4.22. The van der Waals surface area contributed by atoms with Crippen LogP contribution < -0.4 is 0 Å². The van der Waals surface area contributed by atoms with E-state index in [0.29, 0.717) is 5.56 Å². The Kier molecular flexibility index (Phi) is 5.72. The average Bonchev–Trinajstić information content (AvgIpc) is 2.76. The monoisotopic (exact) mass is 385 g/mol. The molecular formula is C25H27N3O. The van der Waals surface area contributed by atoms with E-state index in [1.54, 1.807) is 0 Å². The van der Waals surface area contributed by atoms with E-state index in [2.05, 4.69) is 70.5 Å². The van der Waals surface area contributed by atoms with Crippen molar-refractivity contribution >= 4 is 5.91 Å². The number of amides is 1. The van der Waals surface area contributed by atoms with Crippen molar-refractivity contribution in [2.45, 2.75) is 19.9 Å². The zero-order valence-electron chi connectivity index (χ0n) is 17.1. The van der Waals surface area contributed by atoms with Gasteiger partial charge in [0.2, 0.25) is 0 Å². The van der Waals surface area contributed by atoms with Gasteiger partial charge in [0.05, 0.1) is 17.3 Å².